The number of hydrogen-bond acceptors (Lipinski definition) is 4. The van der Waals surface area contributed by atoms with Crippen molar-refractivity contribution < 1.29 is 14.7 Å². The van der Waals surface area contributed by atoms with E-state index < -0.39 is 5.97 Å². The molecule has 0 radical (unpaired) electrons. The van der Waals surface area contributed by atoms with Crippen LogP contribution in [0, 0.1) is 0 Å². The average molecular weight is 237 g/mol. The summed E-state index contributed by atoms with van der Waals surface area (Å²) in [6.45, 7) is 6.25. The molecule has 1 amide bonds. The van der Waals surface area contributed by atoms with Crippen LogP contribution in [0.2, 0.25) is 0 Å². The highest BCUT2D eigenvalue weighted by Crippen LogP contribution is 2.05. The fourth-order valence-corrected chi connectivity index (χ4v) is 1.44. The topological polar surface area (TPSA) is 83.4 Å². The van der Waals surface area contributed by atoms with E-state index in [9.17, 15) is 9.59 Å². The van der Waals surface area contributed by atoms with Gasteiger partial charge in [0, 0.05) is 12.6 Å². The molecule has 0 aliphatic carbocycles. The molecule has 1 heterocycles. The average Bonchev–Trinajstić information content (AvgIpc) is 2.29. The summed E-state index contributed by atoms with van der Waals surface area (Å²) in [5, 5.41) is 8.66. The third-order valence-corrected chi connectivity index (χ3v) is 2.31. The van der Waals surface area contributed by atoms with Crippen molar-refractivity contribution in [2.75, 3.05) is 6.54 Å². The Morgan fingerprint density at radius 2 is 1.82 bits per heavy atom. The van der Waals surface area contributed by atoms with Gasteiger partial charge in [-0.15, -0.1) is 0 Å². The molecule has 0 fully saturated rings. The molecule has 0 aliphatic rings. The van der Waals surface area contributed by atoms with Crippen molar-refractivity contribution in [2.24, 2.45) is 0 Å². The molecule has 0 atom stereocenters. The van der Waals surface area contributed by atoms with Crippen molar-refractivity contribution in [2.45, 2.75) is 26.8 Å². The zero-order valence-electron chi connectivity index (χ0n) is 10.0. The smallest absolute Gasteiger partial charge is 0.356 e. The van der Waals surface area contributed by atoms with Gasteiger partial charge in [-0.1, -0.05) is 0 Å². The van der Waals surface area contributed by atoms with E-state index in [1.54, 1.807) is 4.90 Å². The number of amides is 1. The summed E-state index contributed by atoms with van der Waals surface area (Å²) in [5.41, 5.74) is -0.0142. The number of carboxylic acid groups (broad SMARTS) is 1. The molecular weight excluding hydrogens is 222 g/mol. The predicted molar refractivity (Wildman–Crippen MR) is 60.8 cm³/mol. The van der Waals surface area contributed by atoms with Crippen LogP contribution in [0.5, 0.6) is 0 Å². The minimum atomic E-state index is -1.16. The summed E-state index contributed by atoms with van der Waals surface area (Å²) in [7, 11) is 0. The van der Waals surface area contributed by atoms with E-state index in [-0.39, 0.29) is 23.3 Å². The van der Waals surface area contributed by atoms with Crippen LogP contribution < -0.4 is 0 Å². The fourth-order valence-electron chi connectivity index (χ4n) is 1.44. The molecule has 1 N–H and O–H groups in total. The highest BCUT2D eigenvalue weighted by molar-refractivity contribution is 5.92. The third-order valence-electron chi connectivity index (χ3n) is 2.31. The maximum absolute atomic E-state index is 12.0. The quantitative estimate of drug-likeness (QED) is 0.846. The van der Waals surface area contributed by atoms with E-state index in [2.05, 4.69) is 9.97 Å². The van der Waals surface area contributed by atoms with Crippen LogP contribution in [0.1, 0.15) is 41.7 Å². The number of nitrogens with zero attached hydrogens (tertiary/aromatic N) is 3. The van der Waals surface area contributed by atoms with Crippen molar-refractivity contribution in [3.8, 4) is 0 Å². The lowest BCUT2D eigenvalue weighted by Gasteiger charge is -2.24. The summed E-state index contributed by atoms with van der Waals surface area (Å²) in [5.74, 6) is -1.40. The monoisotopic (exact) mass is 237 g/mol. The third kappa shape index (κ3) is 2.99. The molecule has 1 aromatic heterocycles. The minimum Gasteiger partial charge on any atom is -0.476 e. The molecular formula is C11H15N3O3. The first-order valence-electron chi connectivity index (χ1n) is 5.33. The van der Waals surface area contributed by atoms with Crippen LogP contribution in [0.25, 0.3) is 0 Å². The van der Waals surface area contributed by atoms with Gasteiger partial charge in [0.1, 0.15) is 5.69 Å². The lowest BCUT2D eigenvalue weighted by atomic mass is 10.2. The molecule has 0 saturated carbocycles. The predicted octanol–water partition coefficient (Wildman–Crippen LogP) is 1.05. The molecule has 92 valence electrons. The first-order valence-corrected chi connectivity index (χ1v) is 5.33. The molecule has 0 spiro atoms. The maximum Gasteiger partial charge on any atom is 0.356 e. The van der Waals surface area contributed by atoms with Crippen LogP contribution >= 0.6 is 0 Å². The Morgan fingerprint density at radius 3 is 2.18 bits per heavy atom. The highest BCUT2D eigenvalue weighted by Gasteiger charge is 2.19. The van der Waals surface area contributed by atoms with Crippen molar-refractivity contribution in [3.05, 3.63) is 23.8 Å². The molecule has 6 heteroatoms. The van der Waals surface area contributed by atoms with Gasteiger partial charge in [-0.2, -0.15) is 0 Å². The Morgan fingerprint density at radius 1 is 1.29 bits per heavy atom. The molecule has 0 aromatic carbocycles. The lowest BCUT2D eigenvalue weighted by molar-refractivity contribution is 0.0679. The van der Waals surface area contributed by atoms with E-state index in [1.807, 2.05) is 20.8 Å². The molecule has 0 saturated heterocycles. The van der Waals surface area contributed by atoms with Gasteiger partial charge in [-0.05, 0) is 20.8 Å². The number of carbonyl (C=O) groups excluding carboxylic acids is 1. The second-order valence-corrected chi connectivity index (χ2v) is 3.78. The van der Waals surface area contributed by atoms with Gasteiger partial charge < -0.3 is 10.0 Å². The fraction of sp³-hybridized carbons (Fsp3) is 0.455. The number of carbonyl (C=O) groups is 2. The van der Waals surface area contributed by atoms with Crippen LogP contribution in [0.3, 0.4) is 0 Å². The van der Waals surface area contributed by atoms with Gasteiger partial charge in [-0.3, -0.25) is 4.79 Å². The normalized spacial score (nSPS) is 10.4. The Kier molecular flexibility index (Phi) is 4.14. The summed E-state index contributed by atoms with van der Waals surface area (Å²) >= 11 is 0. The van der Waals surface area contributed by atoms with Crippen molar-refractivity contribution in [3.63, 3.8) is 0 Å². The second-order valence-electron chi connectivity index (χ2n) is 3.78. The Labute approximate surface area is 99.3 Å². The zero-order chi connectivity index (χ0) is 13.0. The van der Waals surface area contributed by atoms with Gasteiger partial charge in [0.05, 0.1) is 12.4 Å². The van der Waals surface area contributed by atoms with Crippen molar-refractivity contribution in [1.29, 1.82) is 0 Å². The van der Waals surface area contributed by atoms with Crippen LogP contribution in [-0.4, -0.2) is 44.4 Å². The number of rotatable bonds is 4. The van der Waals surface area contributed by atoms with E-state index in [1.165, 1.54) is 6.20 Å². The number of aromatic carboxylic acids is 1. The molecule has 17 heavy (non-hydrogen) atoms. The van der Waals surface area contributed by atoms with E-state index in [0.717, 1.165) is 6.20 Å². The second kappa shape index (κ2) is 5.38. The summed E-state index contributed by atoms with van der Waals surface area (Å²) in [6.07, 6.45) is 2.28. The minimum absolute atomic E-state index is 0.0634. The molecule has 0 bridgehead atoms. The van der Waals surface area contributed by atoms with E-state index >= 15 is 0 Å². The van der Waals surface area contributed by atoms with Crippen LogP contribution in [0.4, 0.5) is 0 Å². The molecule has 0 aliphatic heterocycles. The van der Waals surface area contributed by atoms with Crippen molar-refractivity contribution in [1.82, 2.24) is 14.9 Å². The molecule has 0 unspecified atom stereocenters. The van der Waals surface area contributed by atoms with Crippen LogP contribution in [-0.2, 0) is 0 Å². The highest BCUT2D eigenvalue weighted by atomic mass is 16.4. The SMILES string of the molecule is CCN(C(=O)c1cnc(C(=O)O)cn1)C(C)C. The largest absolute Gasteiger partial charge is 0.476 e. The van der Waals surface area contributed by atoms with Gasteiger partial charge in [0.25, 0.3) is 5.91 Å². The summed E-state index contributed by atoms with van der Waals surface area (Å²) < 4.78 is 0. The summed E-state index contributed by atoms with van der Waals surface area (Å²) in [4.78, 5) is 31.7. The number of carboxylic acids is 1. The lowest BCUT2D eigenvalue weighted by Crippen LogP contribution is -2.37. The standard InChI is InChI=1S/C11H15N3O3/c1-4-14(7(2)3)10(15)8-5-13-9(6-12-8)11(16)17/h5-7H,4H2,1-3H3,(H,16,17). The first kappa shape index (κ1) is 13.1. The number of hydrogen-bond donors (Lipinski definition) is 1. The maximum atomic E-state index is 12.0. The first-order chi connectivity index (χ1) is 7.97. The Hall–Kier alpha value is -1.98. The Balaban J connectivity index is 2.93. The summed E-state index contributed by atoms with van der Waals surface area (Å²) in [6, 6.07) is 0.0634. The Bertz CT molecular complexity index is 414. The van der Waals surface area contributed by atoms with E-state index in [4.69, 9.17) is 5.11 Å². The van der Waals surface area contributed by atoms with Gasteiger partial charge in [-0.25, -0.2) is 14.8 Å². The van der Waals surface area contributed by atoms with Gasteiger partial charge in [0.15, 0.2) is 5.69 Å². The van der Waals surface area contributed by atoms with Crippen molar-refractivity contribution >= 4 is 11.9 Å². The molecule has 6 nitrogen and oxygen atoms in total. The van der Waals surface area contributed by atoms with E-state index in [0.29, 0.717) is 6.54 Å². The van der Waals surface area contributed by atoms with Crippen LogP contribution in [0.15, 0.2) is 12.4 Å². The van der Waals surface area contributed by atoms with Gasteiger partial charge in [0.2, 0.25) is 0 Å². The molecule has 1 aromatic rings. The molecule has 1 rings (SSSR count). The zero-order valence-corrected chi connectivity index (χ0v) is 10.0. The number of aromatic nitrogens is 2. The van der Waals surface area contributed by atoms with Gasteiger partial charge >= 0.3 is 5.97 Å².